The van der Waals surface area contributed by atoms with E-state index in [4.69, 9.17) is 10.5 Å². The van der Waals surface area contributed by atoms with Gasteiger partial charge in [0.25, 0.3) is 5.91 Å². The summed E-state index contributed by atoms with van der Waals surface area (Å²) >= 11 is 0. The minimum absolute atomic E-state index is 0.146. The Bertz CT molecular complexity index is 1110. The second kappa shape index (κ2) is 8.20. The number of amides is 1. The summed E-state index contributed by atoms with van der Waals surface area (Å²) in [5.74, 6) is -1.18. The molecule has 4 rings (SSSR count). The molecule has 1 aliphatic heterocycles. The third-order valence-electron chi connectivity index (χ3n) is 5.50. The molecule has 6 nitrogen and oxygen atoms in total. The van der Waals surface area contributed by atoms with Gasteiger partial charge in [0, 0.05) is 11.9 Å². The molecule has 1 fully saturated rings. The number of hydrogen-bond acceptors (Lipinski definition) is 5. The Morgan fingerprint density at radius 2 is 1.97 bits per heavy atom. The highest BCUT2D eigenvalue weighted by Gasteiger charge is 2.31. The minimum atomic E-state index is -0.629. The van der Waals surface area contributed by atoms with Crippen LogP contribution in [0.15, 0.2) is 48.5 Å². The lowest BCUT2D eigenvalue weighted by Gasteiger charge is -2.22. The number of nitrogens with two attached hydrogens (primary N) is 1. The van der Waals surface area contributed by atoms with Crippen LogP contribution < -0.4 is 5.73 Å². The number of fused-ring (bicyclic) bond motifs is 1. The number of carbonyl (C=O) groups is 2. The zero-order chi connectivity index (χ0) is 21.3. The molecule has 0 radical (unpaired) electrons. The molecular formula is C23H22FN3O3. The highest BCUT2D eigenvalue weighted by Crippen LogP contribution is 2.30. The van der Waals surface area contributed by atoms with Gasteiger partial charge in [-0.15, -0.1) is 0 Å². The van der Waals surface area contributed by atoms with Crippen molar-refractivity contribution < 1.29 is 18.7 Å². The van der Waals surface area contributed by atoms with Gasteiger partial charge in [-0.1, -0.05) is 24.3 Å². The molecule has 1 atom stereocenters. The van der Waals surface area contributed by atoms with E-state index >= 15 is 0 Å². The second-order valence-electron chi connectivity index (χ2n) is 7.43. The fraction of sp³-hybridized carbons (Fsp3) is 0.261. The van der Waals surface area contributed by atoms with E-state index in [0.717, 1.165) is 41.5 Å². The van der Waals surface area contributed by atoms with Crippen molar-refractivity contribution in [1.82, 2.24) is 9.88 Å². The molecule has 1 saturated heterocycles. The van der Waals surface area contributed by atoms with E-state index < -0.39 is 5.91 Å². The van der Waals surface area contributed by atoms with Crippen LogP contribution in [0, 0.1) is 5.82 Å². The number of esters is 1. The van der Waals surface area contributed by atoms with Crippen LogP contribution in [0.1, 0.15) is 28.9 Å². The molecule has 0 aliphatic carbocycles. The number of halogens is 1. The van der Waals surface area contributed by atoms with Crippen LogP contribution in [0.25, 0.3) is 22.0 Å². The average molecular weight is 407 g/mol. The summed E-state index contributed by atoms with van der Waals surface area (Å²) in [6.45, 7) is 1.39. The number of methoxy groups -OCH3 is 1. The normalized spacial score (nSPS) is 16.7. The van der Waals surface area contributed by atoms with Crippen LogP contribution in [0.5, 0.6) is 0 Å². The first-order chi connectivity index (χ1) is 14.5. The predicted octanol–water partition coefficient (Wildman–Crippen LogP) is 3.28. The highest BCUT2D eigenvalue weighted by atomic mass is 19.1. The molecular weight excluding hydrogens is 385 g/mol. The molecule has 0 bridgehead atoms. The molecule has 1 aromatic heterocycles. The fourth-order valence-electron chi connectivity index (χ4n) is 4.02. The van der Waals surface area contributed by atoms with Gasteiger partial charge in [0.05, 0.1) is 12.6 Å². The van der Waals surface area contributed by atoms with E-state index in [9.17, 15) is 14.0 Å². The monoisotopic (exact) mass is 407 g/mol. The molecule has 1 aliphatic rings. The van der Waals surface area contributed by atoms with E-state index in [1.807, 2.05) is 18.2 Å². The van der Waals surface area contributed by atoms with E-state index in [0.29, 0.717) is 12.1 Å². The Hall–Kier alpha value is -3.32. The van der Waals surface area contributed by atoms with Gasteiger partial charge in [0.1, 0.15) is 17.6 Å². The number of primary amides is 1. The van der Waals surface area contributed by atoms with E-state index in [1.165, 1.54) is 19.2 Å². The van der Waals surface area contributed by atoms with Gasteiger partial charge in [-0.3, -0.25) is 14.5 Å². The number of likely N-dealkylation sites (tertiary alicyclic amines) is 1. The summed E-state index contributed by atoms with van der Waals surface area (Å²) in [4.78, 5) is 30.4. The standard InChI is InChI=1S/C23H22FN3O3/c1-30-23(29)21-3-2-10-27(21)13-14-4-9-17-18(15-5-7-16(24)8-6-15)12-20(22(25)28)26-19(17)11-14/h4-9,11-12,21H,2-3,10,13H2,1H3,(H2,25,28). The van der Waals surface area contributed by atoms with Crippen molar-refractivity contribution in [2.75, 3.05) is 13.7 Å². The molecule has 0 spiro atoms. The van der Waals surface area contributed by atoms with Gasteiger partial charge in [0.15, 0.2) is 0 Å². The maximum atomic E-state index is 13.4. The molecule has 1 amide bonds. The lowest BCUT2D eigenvalue weighted by Crippen LogP contribution is -2.36. The molecule has 0 saturated carbocycles. The van der Waals surface area contributed by atoms with Crippen LogP contribution in [-0.2, 0) is 16.1 Å². The first-order valence-electron chi connectivity index (χ1n) is 9.77. The van der Waals surface area contributed by atoms with E-state index in [1.54, 1.807) is 18.2 Å². The number of nitrogens with zero attached hydrogens (tertiary/aromatic N) is 2. The summed E-state index contributed by atoms with van der Waals surface area (Å²) in [5.41, 5.74) is 8.76. The van der Waals surface area contributed by atoms with Gasteiger partial charge >= 0.3 is 5.97 Å². The van der Waals surface area contributed by atoms with Crippen LogP contribution in [0.2, 0.25) is 0 Å². The smallest absolute Gasteiger partial charge is 0.323 e. The first kappa shape index (κ1) is 20.0. The highest BCUT2D eigenvalue weighted by molar-refractivity contribution is 6.00. The Morgan fingerprint density at radius 1 is 1.20 bits per heavy atom. The Labute approximate surface area is 173 Å². The van der Waals surface area contributed by atoms with Crippen LogP contribution in [-0.4, -0.2) is 41.5 Å². The summed E-state index contributed by atoms with van der Waals surface area (Å²) < 4.78 is 18.3. The zero-order valence-electron chi connectivity index (χ0n) is 16.6. The van der Waals surface area contributed by atoms with Crippen molar-refractivity contribution in [3.63, 3.8) is 0 Å². The van der Waals surface area contributed by atoms with Crippen LogP contribution >= 0.6 is 0 Å². The largest absolute Gasteiger partial charge is 0.468 e. The topological polar surface area (TPSA) is 85.5 Å². The minimum Gasteiger partial charge on any atom is -0.468 e. The second-order valence-corrected chi connectivity index (χ2v) is 7.43. The number of rotatable bonds is 5. The molecule has 7 heteroatoms. The number of benzene rings is 2. The Kier molecular flexibility index (Phi) is 5.46. The third-order valence-corrected chi connectivity index (χ3v) is 5.50. The fourth-order valence-corrected chi connectivity index (χ4v) is 4.02. The van der Waals surface area contributed by atoms with Gasteiger partial charge in [-0.2, -0.15) is 0 Å². The SMILES string of the molecule is COC(=O)C1CCCN1Cc1ccc2c(-c3ccc(F)cc3)cc(C(N)=O)nc2c1. The number of ether oxygens (including phenoxy) is 1. The van der Waals surface area contributed by atoms with Crippen LogP contribution in [0.3, 0.4) is 0 Å². The summed E-state index contributed by atoms with van der Waals surface area (Å²) in [5, 5.41) is 0.835. The van der Waals surface area contributed by atoms with E-state index in [2.05, 4.69) is 9.88 Å². The predicted molar refractivity (Wildman–Crippen MR) is 111 cm³/mol. The first-order valence-corrected chi connectivity index (χ1v) is 9.77. The van der Waals surface area contributed by atoms with Crippen LogP contribution in [0.4, 0.5) is 4.39 Å². The summed E-state index contributed by atoms with van der Waals surface area (Å²) in [6, 6.07) is 13.3. The molecule has 3 aromatic rings. The van der Waals surface area contributed by atoms with Gasteiger partial charge in [0.2, 0.25) is 0 Å². The van der Waals surface area contributed by atoms with Crippen molar-refractivity contribution >= 4 is 22.8 Å². The van der Waals surface area contributed by atoms with Gasteiger partial charge in [-0.25, -0.2) is 9.37 Å². The van der Waals surface area contributed by atoms with Gasteiger partial charge in [-0.05, 0) is 60.3 Å². The van der Waals surface area contributed by atoms with Crippen molar-refractivity contribution in [3.05, 3.63) is 65.6 Å². The third kappa shape index (κ3) is 3.89. The summed E-state index contributed by atoms with van der Waals surface area (Å²) in [6.07, 6.45) is 1.71. The Morgan fingerprint density at radius 3 is 2.67 bits per heavy atom. The van der Waals surface area contributed by atoms with Crippen molar-refractivity contribution in [2.24, 2.45) is 5.73 Å². The lowest BCUT2D eigenvalue weighted by atomic mass is 9.98. The van der Waals surface area contributed by atoms with Crippen molar-refractivity contribution in [1.29, 1.82) is 0 Å². The quantitative estimate of drug-likeness (QED) is 0.656. The summed E-state index contributed by atoms with van der Waals surface area (Å²) in [7, 11) is 1.40. The molecule has 2 N–H and O–H groups in total. The molecule has 2 aromatic carbocycles. The average Bonchev–Trinajstić information content (AvgIpc) is 3.20. The van der Waals surface area contributed by atoms with Crippen molar-refractivity contribution in [2.45, 2.75) is 25.4 Å². The maximum absolute atomic E-state index is 13.4. The van der Waals surface area contributed by atoms with Gasteiger partial charge < -0.3 is 10.5 Å². The Balaban J connectivity index is 1.74. The van der Waals surface area contributed by atoms with E-state index in [-0.39, 0.29) is 23.5 Å². The molecule has 30 heavy (non-hydrogen) atoms. The number of carbonyl (C=O) groups excluding carboxylic acids is 2. The maximum Gasteiger partial charge on any atom is 0.323 e. The van der Waals surface area contributed by atoms with Crippen molar-refractivity contribution in [3.8, 4) is 11.1 Å². The lowest BCUT2D eigenvalue weighted by molar-refractivity contribution is -0.146. The number of hydrogen-bond donors (Lipinski definition) is 1. The zero-order valence-corrected chi connectivity index (χ0v) is 16.6. The molecule has 2 heterocycles. The number of aromatic nitrogens is 1. The number of pyridine rings is 1. The molecule has 1 unspecified atom stereocenters. The molecule has 154 valence electrons.